The first-order valence-corrected chi connectivity index (χ1v) is 9.01. The number of hydrogen-bond acceptors (Lipinski definition) is 4. The van der Waals surface area contributed by atoms with E-state index in [0.717, 1.165) is 29.8 Å². The third-order valence-corrected chi connectivity index (χ3v) is 4.71. The molecule has 4 rings (SSSR count). The third-order valence-electron chi connectivity index (χ3n) is 4.71. The van der Waals surface area contributed by atoms with Crippen molar-refractivity contribution in [3.8, 4) is 0 Å². The van der Waals surface area contributed by atoms with Gasteiger partial charge in [0.05, 0.1) is 6.54 Å². The predicted molar refractivity (Wildman–Crippen MR) is 99.5 cm³/mol. The van der Waals surface area contributed by atoms with E-state index in [4.69, 9.17) is 4.42 Å². The first kappa shape index (κ1) is 17.5. The lowest BCUT2D eigenvalue weighted by atomic mass is 10.2. The highest BCUT2D eigenvalue weighted by molar-refractivity contribution is 5.74. The molecule has 7 heteroatoms. The highest BCUT2D eigenvalue weighted by Crippen LogP contribution is 2.16. The van der Waals surface area contributed by atoms with Crippen LogP contribution >= 0.6 is 0 Å². The molecule has 0 saturated carbocycles. The zero-order valence-electron chi connectivity index (χ0n) is 14.9. The fraction of sp³-hybridized carbons (Fsp3) is 0.300. The van der Waals surface area contributed by atoms with Gasteiger partial charge >= 0.3 is 6.03 Å². The topological polar surface area (TPSA) is 61.6 Å². The molecule has 2 amide bonds. The molecule has 0 spiro atoms. The van der Waals surface area contributed by atoms with Crippen LogP contribution in [0.3, 0.4) is 0 Å². The largest absolute Gasteiger partial charge is 0.439 e. The number of rotatable bonds is 4. The standard InChI is InChI=1S/C20H21FN4O2/c21-16-7-5-15(6-8-16)13-22-20(26)25-11-9-24(10-12-25)14-19-23-17-3-1-2-4-18(17)27-19/h1-8H,9-14H2,(H,22,26). The van der Waals surface area contributed by atoms with Crippen LogP contribution in [0, 0.1) is 5.82 Å². The molecule has 1 aliphatic rings. The molecule has 0 atom stereocenters. The lowest BCUT2D eigenvalue weighted by molar-refractivity contribution is 0.129. The molecule has 1 fully saturated rings. The number of carbonyl (C=O) groups is 1. The van der Waals surface area contributed by atoms with Crippen molar-refractivity contribution in [2.45, 2.75) is 13.1 Å². The van der Waals surface area contributed by atoms with E-state index in [-0.39, 0.29) is 11.8 Å². The van der Waals surface area contributed by atoms with Gasteiger partial charge in [-0.25, -0.2) is 14.2 Å². The monoisotopic (exact) mass is 368 g/mol. The number of urea groups is 1. The van der Waals surface area contributed by atoms with Crippen molar-refractivity contribution >= 4 is 17.1 Å². The van der Waals surface area contributed by atoms with Gasteiger partial charge < -0.3 is 14.6 Å². The van der Waals surface area contributed by atoms with Crippen molar-refractivity contribution in [1.29, 1.82) is 0 Å². The van der Waals surface area contributed by atoms with Crippen molar-refractivity contribution < 1.29 is 13.6 Å². The van der Waals surface area contributed by atoms with Crippen LogP contribution in [-0.4, -0.2) is 47.0 Å². The summed E-state index contributed by atoms with van der Waals surface area (Å²) in [6.07, 6.45) is 0. The number of nitrogens with one attached hydrogen (secondary N) is 1. The van der Waals surface area contributed by atoms with Crippen molar-refractivity contribution in [3.63, 3.8) is 0 Å². The van der Waals surface area contributed by atoms with Crippen LogP contribution in [0.5, 0.6) is 0 Å². The average Bonchev–Trinajstić information content (AvgIpc) is 3.10. The van der Waals surface area contributed by atoms with E-state index >= 15 is 0 Å². The molecule has 0 bridgehead atoms. The number of amides is 2. The van der Waals surface area contributed by atoms with Crippen molar-refractivity contribution in [1.82, 2.24) is 20.1 Å². The molecule has 0 aliphatic carbocycles. The minimum absolute atomic E-state index is 0.0964. The van der Waals surface area contributed by atoms with Crippen LogP contribution in [0.25, 0.3) is 11.1 Å². The molecule has 1 aromatic heterocycles. The van der Waals surface area contributed by atoms with Gasteiger partial charge in [0.15, 0.2) is 5.58 Å². The summed E-state index contributed by atoms with van der Waals surface area (Å²) >= 11 is 0. The fourth-order valence-electron chi connectivity index (χ4n) is 3.18. The number of para-hydroxylation sites is 2. The van der Waals surface area contributed by atoms with Crippen LogP contribution in [-0.2, 0) is 13.1 Å². The number of carbonyl (C=O) groups excluding carboxylic acids is 1. The summed E-state index contributed by atoms with van der Waals surface area (Å²) in [7, 11) is 0. The van der Waals surface area contributed by atoms with Crippen LogP contribution in [0.1, 0.15) is 11.5 Å². The van der Waals surface area contributed by atoms with Crippen molar-refractivity contribution in [2.75, 3.05) is 26.2 Å². The molecule has 3 aromatic rings. The molecule has 2 heterocycles. The SMILES string of the molecule is O=C(NCc1ccc(F)cc1)N1CCN(Cc2nc3ccccc3o2)CC1. The maximum absolute atomic E-state index is 12.9. The van der Waals surface area contributed by atoms with Gasteiger partial charge in [0, 0.05) is 32.7 Å². The molecule has 1 saturated heterocycles. The zero-order valence-corrected chi connectivity index (χ0v) is 14.9. The van der Waals surface area contributed by atoms with E-state index in [2.05, 4.69) is 15.2 Å². The Labute approximate surface area is 156 Å². The maximum atomic E-state index is 12.9. The van der Waals surface area contributed by atoms with Crippen LogP contribution in [0.15, 0.2) is 52.9 Å². The number of oxazole rings is 1. The number of piperazine rings is 1. The van der Waals surface area contributed by atoms with E-state index in [1.165, 1.54) is 12.1 Å². The second-order valence-corrected chi connectivity index (χ2v) is 6.62. The number of hydrogen-bond donors (Lipinski definition) is 1. The Kier molecular flexibility index (Phi) is 5.02. The number of halogens is 1. The summed E-state index contributed by atoms with van der Waals surface area (Å²) in [5.41, 5.74) is 2.54. The van der Waals surface area contributed by atoms with E-state index in [1.807, 2.05) is 24.3 Å². The van der Waals surface area contributed by atoms with Gasteiger partial charge in [0.1, 0.15) is 11.3 Å². The minimum atomic E-state index is -0.278. The summed E-state index contributed by atoms with van der Waals surface area (Å²) in [5, 5.41) is 2.89. The smallest absolute Gasteiger partial charge is 0.317 e. The van der Waals surface area contributed by atoms with E-state index in [9.17, 15) is 9.18 Å². The lowest BCUT2D eigenvalue weighted by Crippen LogP contribution is -2.51. The Morgan fingerprint density at radius 1 is 1.07 bits per heavy atom. The average molecular weight is 368 g/mol. The Balaban J connectivity index is 1.25. The molecule has 1 aliphatic heterocycles. The Morgan fingerprint density at radius 3 is 2.56 bits per heavy atom. The summed E-state index contributed by atoms with van der Waals surface area (Å²) < 4.78 is 18.7. The van der Waals surface area contributed by atoms with Crippen molar-refractivity contribution in [2.24, 2.45) is 0 Å². The number of fused-ring (bicyclic) bond motifs is 1. The summed E-state index contributed by atoms with van der Waals surface area (Å²) in [6.45, 7) is 3.86. The van der Waals surface area contributed by atoms with Crippen LogP contribution in [0.4, 0.5) is 9.18 Å². The molecular weight excluding hydrogens is 347 g/mol. The Morgan fingerprint density at radius 2 is 1.81 bits per heavy atom. The van der Waals surface area contributed by atoms with E-state index in [1.54, 1.807) is 17.0 Å². The van der Waals surface area contributed by atoms with Crippen molar-refractivity contribution in [3.05, 3.63) is 65.8 Å². The summed E-state index contributed by atoms with van der Waals surface area (Å²) in [6, 6.07) is 13.8. The first-order chi connectivity index (χ1) is 13.2. The van der Waals surface area contributed by atoms with Gasteiger partial charge in [-0.15, -0.1) is 0 Å². The molecule has 0 radical (unpaired) electrons. The fourth-order valence-corrected chi connectivity index (χ4v) is 3.18. The zero-order chi connectivity index (χ0) is 18.6. The Bertz CT molecular complexity index is 884. The third kappa shape index (κ3) is 4.25. The molecule has 1 N–H and O–H groups in total. The van der Waals surface area contributed by atoms with Gasteiger partial charge in [0.2, 0.25) is 5.89 Å². The molecule has 2 aromatic carbocycles. The normalized spacial score (nSPS) is 15.2. The molecule has 27 heavy (non-hydrogen) atoms. The second kappa shape index (κ2) is 7.75. The maximum Gasteiger partial charge on any atom is 0.317 e. The number of nitrogens with zero attached hydrogens (tertiary/aromatic N) is 3. The number of benzene rings is 2. The van der Waals surface area contributed by atoms with Crippen LogP contribution < -0.4 is 5.32 Å². The quantitative estimate of drug-likeness (QED) is 0.769. The summed E-state index contributed by atoms with van der Waals surface area (Å²) in [5.74, 6) is 0.422. The Hall–Kier alpha value is -2.93. The van der Waals surface area contributed by atoms with Crippen LogP contribution in [0.2, 0.25) is 0 Å². The van der Waals surface area contributed by atoms with Gasteiger partial charge in [-0.2, -0.15) is 0 Å². The lowest BCUT2D eigenvalue weighted by Gasteiger charge is -2.34. The predicted octanol–water partition coefficient (Wildman–Crippen LogP) is 2.99. The van der Waals surface area contributed by atoms with E-state index in [0.29, 0.717) is 32.1 Å². The van der Waals surface area contributed by atoms with Gasteiger partial charge in [0.25, 0.3) is 0 Å². The molecule has 6 nitrogen and oxygen atoms in total. The van der Waals surface area contributed by atoms with E-state index < -0.39 is 0 Å². The molecule has 140 valence electrons. The van der Waals surface area contributed by atoms with Gasteiger partial charge in [-0.05, 0) is 29.8 Å². The van der Waals surface area contributed by atoms with Gasteiger partial charge in [-0.1, -0.05) is 24.3 Å². The first-order valence-electron chi connectivity index (χ1n) is 9.01. The summed E-state index contributed by atoms with van der Waals surface area (Å²) in [4.78, 5) is 20.8. The minimum Gasteiger partial charge on any atom is -0.439 e. The second-order valence-electron chi connectivity index (χ2n) is 6.62. The highest BCUT2D eigenvalue weighted by atomic mass is 19.1. The highest BCUT2D eigenvalue weighted by Gasteiger charge is 2.22. The molecule has 0 unspecified atom stereocenters. The van der Waals surface area contributed by atoms with Gasteiger partial charge in [-0.3, -0.25) is 4.90 Å². The number of aromatic nitrogens is 1. The molecular formula is C20H21FN4O2.